The van der Waals surface area contributed by atoms with E-state index in [0.29, 0.717) is 12.6 Å². The van der Waals surface area contributed by atoms with Crippen LogP contribution in [0.25, 0.3) is 0 Å². The molecule has 1 amide bonds. The molecule has 5 heteroatoms. The number of aliphatic carboxylic acids is 1. The molecule has 0 aliphatic heterocycles. The summed E-state index contributed by atoms with van der Waals surface area (Å²) in [5.41, 5.74) is 3.03. The fourth-order valence-electron chi connectivity index (χ4n) is 2.33. The molecule has 0 heterocycles. The van der Waals surface area contributed by atoms with Crippen LogP contribution in [0.1, 0.15) is 30.4 Å². The van der Waals surface area contributed by atoms with Crippen molar-refractivity contribution >= 4 is 17.6 Å². The first-order valence-electron chi connectivity index (χ1n) is 7.29. The summed E-state index contributed by atoms with van der Waals surface area (Å²) in [4.78, 5) is 24.8. The number of nitrogens with zero attached hydrogens (tertiary/aromatic N) is 1. The van der Waals surface area contributed by atoms with Gasteiger partial charge in [0.1, 0.15) is 0 Å². The highest BCUT2D eigenvalue weighted by Gasteiger charge is 2.30. The number of carbonyl (C=O) groups is 2. The Labute approximate surface area is 125 Å². The van der Waals surface area contributed by atoms with Crippen LogP contribution in [-0.2, 0) is 9.59 Å². The Morgan fingerprint density at radius 3 is 2.67 bits per heavy atom. The first-order chi connectivity index (χ1) is 9.97. The molecule has 0 bridgehead atoms. The molecule has 0 spiro atoms. The number of hydrogen-bond donors (Lipinski definition) is 2. The van der Waals surface area contributed by atoms with Gasteiger partial charge in [0, 0.05) is 18.3 Å². The lowest BCUT2D eigenvalue weighted by molar-refractivity contribution is -0.137. The lowest BCUT2D eigenvalue weighted by Crippen LogP contribution is -2.36. The number of anilines is 1. The second-order valence-corrected chi connectivity index (χ2v) is 5.64. The standard InChI is InChI=1S/C16H22N2O3/c1-11-4-3-5-14(12(11)2)17-15(19)10-18(13-6-7-13)9-8-16(20)21/h3-5,13H,6-10H2,1-2H3,(H,17,19)(H,20,21). The smallest absolute Gasteiger partial charge is 0.304 e. The molecule has 1 aromatic carbocycles. The maximum absolute atomic E-state index is 12.2. The Morgan fingerprint density at radius 2 is 2.05 bits per heavy atom. The lowest BCUT2D eigenvalue weighted by Gasteiger charge is -2.21. The van der Waals surface area contributed by atoms with Crippen LogP contribution >= 0.6 is 0 Å². The topological polar surface area (TPSA) is 69.6 Å². The van der Waals surface area contributed by atoms with Crippen LogP contribution in [0.2, 0.25) is 0 Å². The Kier molecular flexibility index (Phi) is 4.96. The summed E-state index contributed by atoms with van der Waals surface area (Å²) < 4.78 is 0. The van der Waals surface area contributed by atoms with Gasteiger partial charge >= 0.3 is 5.97 Å². The zero-order chi connectivity index (χ0) is 15.4. The third-order valence-electron chi connectivity index (χ3n) is 3.90. The fourth-order valence-corrected chi connectivity index (χ4v) is 2.33. The zero-order valence-electron chi connectivity index (χ0n) is 12.6. The molecule has 5 nitrogen and oxygen atoms in total. The highest BCUT2D eigenvalue weighted by atomic mass is 16.4. The average Bonchev–Trinajstić information content (AvgIpc) is 3.24. The minimum atomic E-state index is -0.824. The number of carboxylic acid groups (broad SMARTS) is 1. The summed E-state index contributed by atoms with van der Waals surface area (Å²) in [6, 6.07) is 6.18. The van der Waals surface area contributed by atoms with Crippen molar-refractivity contribution in [2.75, 3.05) is 18.4 Å². The van der Waals surface area contributed by atoms with Crippen molar-refractivity contribution in [2.24, 2.45) is 0 Å². The Morgan fingerprint density at radius 1 is 1.33 bits per heavy atom. The predicted molar refractivity (Wildman–Crippen MR) is 81.4 cm³/mol. The number of nitrogens with one attached hydrogen (secondary N) is 1. The van der Waals surface area contributed by atoms with Crippen molar-refractivity contribution in [3.8, 4) is 0 Å². The average molecular weight is 290 g/mol. The molecule has 0 aromatic heterocycles. The van der Waals surface area contributed by atoms with Gasteiger partial charge in [-0.1, -0.05) is 12.1 Å². The van der Waals surface area contributed by atoms with Crippen molar-refractivity contribution in [2.45, 2.75) is 39.2 Å². The van der Waals surface area contributed by atoms with Gasteiger partial charge in [-0.05, 0) is 43.9 Å². The van der Waals surface area contributed by atoms with Crippen LogP contribution in [0.3, 0.4) is 0 Å². The predicted octanol–water partition coefficient (Wildman–Crippen LogP) is 2.18. The molecule has 1 aliphatic rings. The number of aryl methyl sites for hydroxylation is 1. The minimum absolute atomic E-state index is 0.0766. The number of benzene rings is 1. The van der Waals surface area contributed by atoms with Crippen molar-refractivity contribution in [3.63, 3.8) is 0 Å². The molecule has 0 radical (unpaired) electrons. The van der Waals surface area contributed by atoms with Gasteiger partial charge in [-0.25, -0.2) is 0 Å². The quantitative estimate of drug-likeness (QED) is 0.807. The largest absolute Gasteiger partial charge is 0.481 e. The van der Waals surface area contributed by atoms with Gasteiger partial charge in [-0.15, -0.1) is 0 Å². The van der Waals surface area contributed by atoms with E-state index in [-0.39, 0.29) is 18.9 Å². The van der Waals surface area contributed by atoms with E-state index in [9.17, 15) is 9.59 Å². The van der Waals surface area contributed by atoms with Gasteiger partial charge in [0.25, 0.3) is 0 Å². The van der Waals surface area contributed by atoms with E-state index in [2.05, 4.69) is 5.32 Å². The van der Waals surface area contributed by atoms with Crippen LogP contribution in [0.15, 0.2) is 18.2 Å². The van der Waals surface area contributed by atoms with Gasteiger partial charge in [-0.2, -0.15) is 0 Å². The summed E-state index contributed by atoms with van der Waals surface area (Å²) in [6.45, 7) is 4.67. The molecule has 1 aromatic rings. The van der Waals surface area contributed by atoms with Gasteiger partial charge in [0.2, 0.25) is 5.91 Å². The summed E-state index contributed by atoms with van der Waals surface area (Å²) in [5, 5.41) is 11.7. The summed E-state index contributed by atoms with van der Waals surface area (Å²) >= 11 is 0. The molecule has 2 rings (SSSR count). The number of hydrogen-bond acceptors (Lipinski definition) is 3. The molecule has 2 N–H and O–H groups in total. The SMILES string of the molecule is Cc1cccc(NC(=O)CN(CCC(=O)O)C2CC2)c1C. The summed E-state index contributed by atoms with van der Waals surface area (Å²) in [7, 11) is 0. The minimum Gasteiger partial charge on any atom is -0.481 e. The third-order valence-corrected chi connectivity index (χ3v) is 3.90. The van der Waals surface area contributed by atoms with Crippen LogP contribution in [0, 0.1) is 13.8 Å². The van der Waals surface area contributed by atoms with Crippen LogP contribution in [-0.4, -0.2) is 41.0 Å². The molecule has 114 valence electrons. The molecule has 1 fully saturated rings. The van der Waals surface area contributed by atoms with Gasteiger partial charge in [-0.3, -0.25) is 14.5 Å². The van der Waals surface area contributed by atoms with E-state index in [1.54, 1.807) is 0 Å². The Balaban J connectivity index is 1.92. The lowest BCUT2D eigenvalue weighted by atomic mass is 10.1. The molecule has 1 saturated carbocycles. The summed E-state index contributed by atoms with van der Waals surface area (Å²) in [5.74, 6) is -0.906. The normalized spacial score (nSPS) is 14.2. The van der Waals surface area contributed by atoms with Gasteiger partial charge in [0.05, 0.1) is 13.0 Å². The molecule has 0 atom stereocenters. The Hall–Kier alpha value is -1.88. The first kappa shape index (κ1) is 15.5. The van der Waals surface area contributed by atoms with Crippen LogP contribution in [0.5, 0.6) is 0 Å². The molecular weight excluding hydrogens is 268 g/mol. The van der Waals surface area contributed by atoms with Crippen molar-refractivity contribution < 1.29 is 14.7 Å². The molecule has 21 heavy (non-hydrogen) atoms. The molecular formula is C16H22N2O3. The maximum atomic E-state index is 12.2. The monoisotopic (exact) mass is 290 g/mol. The Bertz CT molecular complexity index is 538. The van der Waals surface area contributed by atoms with E-state index in [1.165, 1.54) is 0 Å². The maximum Gasteiger partial charge on any atom is 0.304 e. The third kappa shape index (κ3) is 4.56. The first-order valence-corrected chi connectivity index (χ1v) is 7.29. The summed E-state index contributed by atoms with van der Waals surface area (Å²) in [6.07, 6.45) is 2.18. The van der Waals surface area contributed by atoms with Crippen molar-refractivity contribution in [1.82, 2.24) is 4.90 Å². The fraction of sp³-hybridized carbons (Fsp3) is 0.500. The van der Waals surface area contributed by atoms with Crippen LogP contribution < -0.4 is 5.32 Å². The van der Waals surface area contributed by atoms with E-state index >= 15 is 0 Å². The highest BCUT2D eigenvalue weighted by molar-refractivity contribution is 5.93. The van der Waals surface area contributed by atoms with E-state index in [0.717, 1.165) is 29.7 Å². The highest BCUT2D eigenvalue weighted by Crippen LogP contribution is 2.27. The number of carbonyl (C=O) groups excluding carboxylic acids is 1. The van der Waals surface area contributed by atoms with Gasteiger partial charge < -0.3 is 10.4 Å². The van der Waals surface area contributed by atoms with Gasteiger partial charge in [0.15, 0.2) is 0 Å². The van der Waals surface area contributed by atoms with Crippen molar-refractivity contribution in [1.29, 1.82) is 0 Å². The van der Waals surface area contributed by atoms with E-state index in [4.69, 9.17) is 5.11 Å². The molecule has 0 unspecified atom stereocenters. The molecule has 0 saturated heterocycles. The number of amides is 1. The van der Waals surface area contributed by atoms with Crippen molar-refractivity contribution in [3.05, 3.63) is 29.3 Å². The number of rotatable bonds is 7. The van der Waals surface area contributed by atoms with Crippen LogP contribution in [0.4, 0.5) is 5.69 Å². The molecule has 1 aliphatic carbocycles. The van der Waals surface area contributed by atoms with E-state index in [1.807, 2.05) is 36.9 Å². The zero-order valence-corrected chi connectivity index (χ0v) is 12.6. The number of carboxylic acids is 1. The van der Waals surface area contributed by atoms with E-state index < -0.39 is 5.97 Å². The second-order valence-electron chi connectivity index (χ2n) is 5.64. The second kappa shape index (κ2) is 6.72.